The van der Waals surface area contributed by atoms with Crippen LogP contribution < -0.4 is 16.4 Å². The van der Waals surface area contributed by atoms with Crippen LogP contribution in [-0.4, -0.2) is 30.8 Å². The van der Waals surface area contributed by atoms with Gasteiger partial charge in [0.25, 0.3) is 5.91 Å². The number of nitrogens with two attached hydrogens (primary N) is 1. The number of carbonyl (C=O) groups excluding carboxylic acids is 2. The van der Waals surface area contributed by atoms with Crippen LogP contribution in [0.3, 0.4) is 0 Å². The Morgan fingerprint density at radius 2 is 1.79 bits per heavy atom. The van der Waals surface area contributed by atoms with E-state index in [4.69, 9.17) is 5.73 Å². The van der Waals surface area contributed by atoms with E-state index >= 15 is 0 Å². The number of benzene rings is 3. The molecule has 4 N–H and O–H groups in total. The van der Waals surface area contributed by atoms with Crippen LogP contribution in [0.4, 0.5) is 15.8 Å². The van der Waals surface area contributed by atoms with Crippen molar-refractivity contribution in [3.63, 3.8) is 0 Å². The van der Waals surface area contributed by atoms with Crippen molar-refractivity contribution in [3.05, 3.63) is 94.8 Å². The zero-order valence-corrected chi connectivity index (χ0v) is 19.2. The van der Waals surface area contributed by atoms with Crippen LogP contribution in [0.15, 0.2) is 66.7 Å². The Hall–Kier alpha value is -3.97. The van der Waals surface area contributed by atoms with Crippen LogP contribution in [-0.2, 0) is 22.6 Å². The van der Waals surface area contributed by atoms with Gasteiger partial charge in [0.1, 0.15) is 5.82 Å². The Balaban J connectivity index is 1.78. The van der Waals surface area contributed by atoms with E-state index in [0.29, 0.717) is 28.9 Å². The standard InChI is InChI=1S/C27H27FN4O2/c1-32(2)16-18-6-10-21(11-7-18)30-26(19-5-3-4-17(14-19)8-13-24(29)33)25-22-12-9-20(28)15-23(22)31-27(25)34/h3-7,9-12,14-15,30H,8,13,16H2,1-2H3,(H2,29,33)(H,31,34). The summed E-state index contributed by atoms with van der Waals surface area (Å²) < 4.78 is 13.8. The minimum atomic E-state index is -0.417. The minimum Gasteiger partial charge on any atom is -0.370 e. The molecular formula is C27H27FN4O2. The van der Waals surface area contributed by atoms with Crippen molar-refractivity contribution in [1.82, 2.24) is 4.90 Å². The van der Waals surface area contributed by atoms with Crippen molar-refractivity contribution in [2.24, 2.45) is 5.73 Å². The maximum atomic E-state index is 13.8. The van der Waals surface area contributed by atoms with Crippen molar-refractivity contribution in [2.75, 3.05) is 24.7 Å². The van der Waals surface area contributed by atoms with Crippen LogP contribution in [0.25, 0.3) is 11.3 Å². The van der Waals surface area contributed by atoms with Gasteiger partial charge in [-0.05, 0) is 73.6 Å². The molecule has 3 aromatic carbocycles. The number of hydrogen-bond donors (Lipinski definition) is 3. The van der Waals surface area contributed by atoms with Gasteiger partial charge in [0.15, 0.2) is 0 Å². The Labute approximate surface area is 198 Å². The van der Waals surface area contributed by atoms with Crippen molar-refractivity contribution in [2.45, 2.75) is 19.4 Å². The van der Waals surface area contributed by atoms with Gasteiger partial charge < -0.3 is 21.3 Å². The predicted molar refractivity (Wildman–Crippen MR) is 133 cm³/mol. The van der Waals surface area contributed by atoms with E-state index in [-0.39, 0.29) is 18.2 Å². The first-order chi connectivity index (χ1) is 16.3. The molecule has 3 aromatic rings. The quantitative estimate of drug-likeness (QED) is 0.441. The molecule has 1 heterocycles. The highest BCUT2D eigenvalue weighted by molar-refractivity contribution is 6.37. The summed E-state index contributed by atoms with van der Waals surface area (Å²) in [6, 6.07) is 19.9. The molecule has 0 aliphatic carbocycles. The third-order valence-electron chi connectivity index (χ3n) is 5.57. The molecule has 0 spiro atoms. The zero-order valence-electron chi connectivity index (χ0n) is 19.2. The number of halogens is 1. The highest BCUT2D eigenvalue weighted by Gasteiger charge is 2.29. The normalized spacial score (nSPS) is 14.1. The van der Waals surface area contributed by atoms with Gasteiger partial charge >= 0.3 is 0 Å². The van der Waals surface area contributed by atoms with Gasteiger partial charge in [0, 0.05) is 24.2 Å². The fraction of sp³-hybridized carbons (Fsp3) is 0.185. The van der Waals surface area contributed by atoms with Crippen LogP contribution in [0.1, 0.15) is 28.7 Å². The van der Waals surface area contributed by atoms with E-state index in [0.717, 1.165) is 28.9 Å². The largest absolute Gasteiger partial charge is 0.370 e. The van der Waals surface area contributed by atoms with E-state index in [1.54, 1.807) is 6.07 Å². The number of hydrogen-bond acceptors (Lipinski definition) is 4. The molecule has 6 nitrogen and oxygen atoms in total. The van der Waals surface area contributed by atoms with Crippen LogP contribution in [0, 0.1) is 5.82 Å². The molecule has 0 fully saturated rings. The van der Waals surface area contributed by atoms with Crippen molar-refractivity contribution < 1.29 is 14.0 Å². The van der Waals surface area contributed by atoms with E-state index in [2.05, 4.69) is 15.5 Å². The monoisotopic (exact) mass is 458 g/mol. The second-order valence-electron chi connectivity index (χ2n) is 8.62. The van der Waals surface area contributed by atoms with Gasteiger partial charge in [-0.15, -0.1) is 0 Å². The van der Waals surface area contributed by atoms with Gasteiger partial charge in [-0.3, -0.25) is 9.59 Å². The Bertz CT molecular complexity index is 1270. The van der Waals surface area contributed by atoms with Crippen molar-refractivity contribution >= 4 is 34.5 Å². The second-order valence-corrected chi connectivity index (χ2v) is 8.62. The fourth-order valence-electron chi connectivity index (χ4n) is 4.03. The van der Waals surface area contributed by atoms with Gasteiger partial charge in [-0.1, -0.05) is 30.3 Å². The number of amides is 2. The van der Waals surface area contributed by atoms with Crippen LogP contribution in [0.2, 0.25) is 0 Å². The molecule has 0 saturated heterocycles. The summed E-state index contributed by atoms with van der Waals surface area (Å²) in [5.41, 5.74) is 11.1. The summed E-state index contributed by atoms with van der Waals surface area (Å²) in [5.74, 6) is -1.10. The van der Waals surface area contributed by atoms with E-state index in [1.807, 2.05) is 62.6 Å². The van der Waals surface area contributed by atoms with Crippen LogP contribution >= 0.6 is 0 Å². The second kappa shape index (κ2) is 9.89. The lowest BCUT2D eigenvalue weighted by atomic mass is 9.97. The van der Waals surface area contributed by atoms with Crippen molar-refractivity contribution in [1.29, 1.82) is 0 Å². The molecular weight excluding hydrogens is 431 g/mol. The summed E-state index contributed by atoms with van der Waals surface area (Å²) in [7, 11) is 4.03. The number of nitrogens with one attached hydrogen (secondary N) is 2. The van der Waals surface area contributed by atoms with E-state index in [1.165, 1.54) is 12.1 Å². The first kappa shape index (κ1) is 23.2. The lowest BCUT2D eigenvalue weighted by molar-refractivity contribution is -0.118. The molecule has 0 bridgehead atoms. The highest BCUT2D eigenvalue weighted by Crippen LogP contribution is 2.38. The molecule has 34 heavy (non-hydrogen) atoms. The summed E-state index contributed by atoms with van der Waals surface area (Å²) in [4.78, 5) is 26.4. The van der Waals surface area contributed by atoms with Gasteiger partial charge in [-0.2, -0.15) is 0 Å². The fourth-order valence-corrected chi connectivity index (χ4v) is 4.03. The summed E-state index contributed by atoms with van der Waals surface area (Å²) in [5, 5.41) is 6.18. The maximum Gasteiger partial charge on any atom is 0.258 e. The lowest BCUT2D eigenvalue weighted by Gasteiger charge is -2.16. The summed E-state index contributed by atoms with van der Waals surface area (Å²) in [6.07, 6.45) is 0.734. The maximum absolute atomic E-state index is 13.8. The number of anilines is 2. The summed E-state index contributed by atoms with van der Waals surface area (Å²) in [6.45, 7) is 0.817. The molecule has 1 aliphatic heterocycles. The van der Waals surface area contributed by atoms with Crippen molar-refractivity contribution in [3.8, 4) is 0 Å². The summed E-state index contributed by atoms with van der Waals surface area (Å²) >= 11 is 0. The van der Waals surface area contributed by atoms with Crippen LogP contribution in [0.5, 0.6) is 0 Å². The molecule has 0 unspecified atom stereocenters. The molecule has 4 rings (SSSR count). The number of rotatable bonds is 8. The number of carbonyl (C=O) groups is 2. The minimum absolute atomic E-state index is 0.235. The predicted octanol–water partition coefficient (Wildman–Crippen LogP) is 4.24. The zero-order chi connectivity index (χ0) is 24.2. The molecule has 1 aliphatic rings. The average molecular weight is 459 g/mol. The first-order valence-electron chi connectivity index (χ1n) is 11.0. The highest BCUT2D eigenvalue weighted by atomic mass is 19.1. The molecule has 174 valence electrons. The SMILES string of the molecule is CN(C)Cc1ccc(NC(=C2C(=O)Nc3cc(F)ccc32)c2cccc(CCC(N)=O)c2)cc1. The molecule has 0 aromatic heterocycles. The molecule has 7 heteroatoms. The third-order valence-corrected chi connectivity index (χ3v) is 5.57. The lowest BCUT2D eigenvalue weighted by Crippen LogP contribution is -2.12. The number of nitrogens with zero attached hydrogens (tertiary/aromatic N) is 1. The van der Waals surface area contributed by atoms with Gasteiger partial charge in [-0.25, -0.2) is 4.39 Å². The number of aryl methyl sites for hydroxylation is 1. The number of fused-ring (bicyclic) bond motifs is 1. The van der Waals surface area contributed by atoms with E-state index < -0.39 is 5.82 Å². The average Bonchev–Trinajstić information content (AvgIpc) is 3.11. The molecule has 0 atom stereocenters. The van der Waals surface area contributed by atoms with E-state index in [9.17, 15) is 14.0 Å². The molecule has 0 radical (unpaired) electrons. The topological polar surface area (TPSA) is 87.5 Å². The number of primary amides is 1. The first-order valence-corrected chi connectivity index (χ1v) is 11.0. The molecule has 0 saturated carbocycles. The third kappa shape index (κ3) is 5.32. The Morgan fingerprint density at radius 3 is 2.50 bits per heavy atom. The van der Waals surface area contributed by atoms with Gasteiger partial charge in [0.2, 0.25) is 5.91 Å². The van der Waals surface area contributed by atoms with Gasteiger partial charge in [0.05, 0.1) is 17.0 Å². The molecule has 2 amide bonds. The Kier molecular flexibility index (Phi) is 6.75. The smallest absolute Gasteiger partial charge is 0.258 e. The Morgan fingerprint density at radius 1 is 1.03 bits per heavy atom.